The van der Waals surface area contributed by atoms with Crippen LogP contribution < -0.4 is 5.32 Å². The first-order chi connectivity index (χ1) is 6.22. The Balaban J connectivity index is 2.24. The van der Waals surface area contributed by atoms with E-state index in [1.165, 1.54) is 0 Å². The molecule has 1 heterocycles. The van der Waals surface area contributed by atoms with E-state index >= 15 is 0 Å². The molecular weight excluding hydrogens is 168 g/mol. The number of hydrogen-bond donors (Lipinski definition) is 1. The van der Waals surface area contributed by atoms with E-state index in [9.17, 15) is 4.79 Å². The zero-order valence-corrected chi connectivity index (χ0v) is 7.96. The fraction of sp³-hybridized carbons (Fsp3) is 0.556. The lowest BCUT2D eigenvalue weighted by atomic mass is 10.4. The van der Waals surface area contributed by atoms with Crippen molar-refractivity contribution < 1.29 is 9.21 Å². The van der Waals surface area contributed by atoms with Gasteiger partial charge in [-0.05, 0) is 6.92 Å². The van der Waals surface area contributed by atoms with Crippen LogP contribution in [-0.4, -0.2) is 17.4 Å². The normalized spacial score (nSPS) is 10.0. The van der Waals surface area contributed by atoms with Gasteiger partial charge < -0.3 is 9.73 Å². The number of amides is 1. The smallest absolute Gasteiger partial charge is 0.219 e. The average Bonchev–Trinajstić information content (AvgIpc) is 2.51. The first-order valence-electron chi connectivity index (χ1n) is 4.40. The van der Waals surface area contributed by atoms with E-state index in [0.29, 0.717) is 25.3 Å². The molecule has 4 nitrogen and oxygen atoms in total. The molecule has 0 spiro atoms. The van der Waals surface area contributed by atoms with Crippen LogP contribution in [0.5, 0.6) is 0 Å². The molecule has 0 aromatic carbocycles. The molecule has 0 unspecified atom stereocenters. The summed E-state index contributed by atoms with van der Waals surface area (Å²) in [5.41, 5.74) is 0. The lowest BCUT2D eigenvalue weighted by Gasteiger charge is -1.99. The Morgan fingerprint density at radius 1 is 1.69 bits per heavy atom. The maximum atomic E-state index is 10.8. The van der Waals surface area contributed by atoms with Crippen molar-refractivity contribution >= 4 is 5.91 Å². The van der Waals surface area contributed by atoms with Gasteiger partial charge in [0, 0.05) is 19.4 Å². The summed E-state index contributed by atoms with van der Waals surface area (Å²) in [5, 5.41) is 2.75. The minimum atomic E-state index is 0.0586. The third kappa shape index (κ3) is 3.27. The second-order valence-corrected chi connectivity index (χ2v) is 2.82. The number of carbonyl (C=O) groups excluding carboxylic acids is 1. The van der Waals surface area contributed by atoms with E-state index in [1.54, 1.807) is 6.20 Å². The molecule has 0 aliphatic carbocycles. The molecule has 1 aromatic rings. The van der Waals surface area contributed by atoms with E-state index < -0.39 is 0 Å². The molecule has 1 rings (SSSR count). The van der Waals surface area contributed by atoms with Gasteiger partial charge in [-0.3, -0.25) is 4.79 Å². The first kappa shape index (κ1) is 9.77. The molecule has 72 valence electrons. The van der Waals surface area contributed by atoms with Gasteiger partial charge in [0.25, 0.3) is 0 Å². The van der Waals surface area contributed by atoms with E-state index in [1.807, 2.05) is 13.8 Å². The molecule has 0 fully saturated rings. The number of rotatable bonds is 4. The van der Waals surface area contributed by atoms with Gasteiger partial charge in [-0.25, -0.2) is 4.98 Å². The van der Waals surface area contributed by atoms with Crippen LogP contribution in [0.3, 0.4) is 0 Å². The number of carbonyl (C=O) groups is 1. The van der Waals surface area contributed by atoms with Crippen LogP contribution in [0.4, 0.5) is 0 Å². The standard InChI is InChI=1S/C9H14N2O2/c1-3-8(12)10-5-4-9-11-6-7(2)13-9/h6H,3-5H2,1-2H3,(H,10,12). The summed E-state index contributed by atoms with van der Waals surface area (Å²) in [6, 6.07) is 0. The molecule has 4 heteroatoms. The molecule has 0 bridgehead atoms. The molecule has 0 radical (unpaired) electrons. The third-order valence-electron chi connectivity index (χ3n) is 1.65. The van der Waals surface area contributed by atoms with Crippen LogP contribution in [-0.2, 0) is 11.2 Å². The molecule has 0 saturated heterocycles. The molecular formula is C9H14N2O2. The van der Waals surface area contributed by atoms with Gasteiger partial charge in [0.05, 0.1) is 6.20 Å². The highest BCUT2D eigenvalue weighted by atomic mass is 16.4. The van der Waals surface area contributed by atoms with Gasteiger partial charge in [0.2, 0.25) is 5.91 Å². The highest BCUT2D eigenvalue weighted by Crippen LogP contribution is 2.01. The highest BCUT2D eigenvalue weighted by molar-refractivity contribution is 5.75. The zero-order chi connectivity index (χ0) is 9.68. The van der Waals surface area contributed by atoms with Crippen LogP contribution in [0.25, 0.3) is 0 Å². The van der Waals surface area contributed by atoms with Gasteiger partial charge in [-0.15, -0.1) is 0 Å². The van der Waals surface area contributed by atoms with Gasteiger partial charge in [-0.1, -0.05) is 6.92 Å². The van der Waals surface area contributed by atoms with Gasteiger partial charge in [0.15, 0.2) is 5.89 Å². The average molecular weight is 182 g/mol. The number of nitrogens with zero attached hydrogens (tertiary/aromatic N) is 1. The first-order valence-corrected chi connectivity index (χ1v) is 4.40. The summed E-state index contributed by atoms with van der Waals surface area (Å²) in [4.78, 5) is 14.9. The maximum absolute atomic E-state index is 10.8. The molecule has 1 aromatic heterocycles. The Morgan fingerprint density at radius 2 is 2.46 bits per heavy atom. The van der Waals surface area contributed by atoms with Crippen molar-refractivity contribution in [2.75, 3.05) is 6.54 Å². The highest BCUT2D eigenvalue weighted by Gasteiger charge is 2.01. The van der Waals surface area contributed by atoms with Crippen LogP contribution in [0.2, 0.25) is 0 Å². The summed E-state index contributed by atoms with van der Waals surface area (Å²) < 4.78 is 5.24. The summed E-state index contributed by atoms with van der Waals surface area (Å²) in [6.45, 7) is 4.26. The monoisotopic (exact) mass is 182 g/mol. The fourth-order valence-electron chi connectivity index (χ4n) is 0.951. The van der Waals surface area contributed by atoms with Crippen molar-refractivity contribution in [2.45, 2.75) is 26.7 Å². The van der Waals surface area contributed by atoms with Crippen LogP contribution in [0.1, 0.15) is 25.0 Å². The molecule has 0 aliphatic heterocycles. The molecule has 1 amide bonds. The lowest BCUT2D eigenvalue weighted by Crippen LogP contribution is -2.24. The number of hydrogen-bond acceptors (Lipinski definition) is 3. The predicted molar refractivity (Wildman–Crippen MR) is 48.2 cm³/mol. The van der Waals surface area contributed by atoms with E-state index in [2.05, 4.69) is 10.3 Å². The summed E-state index contributed by atoms with van der Waals surface area (Å²) in [6.07, 6.45) is 2.85. The van der Waals surface area contributed by atoms with E-state index in [-0.39, 0.29) is 5.91 Å². The third-order valence-corrected chi connectivity index (χ3v) is 1.65. The molecule has 0 aliphatic rings. The van der Waals surface area contributed by atoms with Crippen molar-refractivity contribution in [1.29, 1.82) is 0 Å². The SMILES string of the molecule is CCC(=O)NCCc1ncc(C)o1. The zero-order valence-electron chi connectivity index (χ0n) is 7.96. The maximum Gasteiger partial charge on any atom is 0.219 e. The summed E-state index contributed by atoms with van der Waals surface area (Å²) in [5.74, 6) is 1.54. The van der Waals surface area contributed by atoms with Crippen molar-refractivity contribution in [2.24, 2.45) is 0 Å². The van der Waals surface area contributed by atoms with E-state index in [4.69, 9.17) is 4.42 Å². The van der Waals surface area contributed by atoms with E-state index in [0.717, 1.165) is 5.76 Å². The number of oxazole rings is 1. The second kappa shape index (κ2) is 4.64. The quantitative estimate of drug-likeness (QED) is 0.757. The summed E-state index contributed by atoms with van der Waals surface area (Å²) in [7, 11) is 0. The number of aromatic nitrogens is 1. The van der Waals surface area contributed by atoms with Crippen molar-refractivity contribution in [3.8, 4) is 0 Å². The van der Waals surface area contributed by atoms with Crippen molar-refractivity contribution in [1.82, 2.24) is 10.3 Å². The molecule has 13 heavy (non-hydrogen) atoms. The van der Waals surface area contributed by atoms with Gasteiger partial charge >= 0.3 is 0 Å². The number of nitrogens with one attached hydrogen (secondary N) is 1. The number of aryl methyl sites for hydroxylation is 1. The van der Waals surface area contributed by atoms with Gasteiger partial charge in [-0.2, -0.15) is 0 Å². The second-order valence-electron chi connectivity index (χ2n) is 2.82. The fourth-order valence-corrected chi connectivity index (χ4v) is 0.951. The summed E-state index contributed by atoms with van der Waals surface area (Å²) >= 11 is 0. The van der Waals surface area contributed by atoms with Crippen LogP contribution in [0, 0.1) is 6.92 Å². The van der Waals surface area contributed by atoms with Crippen molar-refractivity contribution in [3.63, 3.8) is 0 Å². The van der Waals surface area contributed by atoms with Crippen molar-refractivity contribution in [3.05, 3.63) is 17.8 Å². The van der Waals surface area contributed by atoms with Crippen LogP contribution in [0.15, 0.2) is 10.6 Å². The Labute approximate surface area is 77.3 Å². The molecule has 1 N–H and O–H groups in total. The Kier molecular flexibility index (Phi) is 3.49. The molecule has 0 saturated carbocycles. The minimum absolute atomic E-state index is 0.0586. The van der Waals surface area contributed by atoms with Crippen LogP contribution >= 0.6 is 0 Å². The molecule has 0 atom stereocenters. The Hall–Kier alpha value is -1.32. The Morgan fingerprint density at radius 3 is 3.00 bits per heavy atom. The largest absolute Gasteiger partial charge is 0.446 e. The van der Waals surface area contributed by atoms with Gasteiger partial charge in [0.1, 0.15) is 5.76 Å². The lowest BCUT2D eigenvalue weighted by molar-refractivity contribution is -0.120. The Bertz CT molecular complexity index is 281. The minimum Gasteiger partial charge on any atom is -0.446 e. The topological polar surface area (TPSA) is 55.1 Å². The predicted octanol–water partition coefficient (Wildman–Crippen LogP) is 1.05.